The van der Waals surface area contributed by atoms with Crippen LogP contribution in [0.5, 0.6) is 5.75 Å². The number of halogens is 1. The number of nitrogens with zero attached hydrogens (tertiary/aromatic N) is 1. The summed E-state index contributed by atoms with van der Waals surface area (Å²) in [4.78, 5) is 13.9. The largest absolute Gasteiger partial charge is 0.492 e. The van der Waals surface area contributed by atoms with Crippen molar-refractivity contribution in [2.75, 3.05) is 30.3 Å². The predicted molar refractivity (Wildman–Crippen MR) is 143 cm³/mol. The predicted octanol–water partition coefficient (Wildman–Crippen LogP) is 5.40. The lowest BCUT2D eigenvalue weighted by Crippen LogP contribution is -2.41. The standard InChI is InChI=1S/C26H29ClN2O4S2/c1-3-33-25-9-5-4-8-24(25)29(35(31,32)23-16-14-22(34-2)15-17-23)19-26(30)28-18-6-7-20-10-12-21(27)13-11-20/h4-5,8-17H,3,6-7,18-19H2,1-2H3,(H,28,30). The van der Waals surface area contributed by atoms with Gasteiger partial charge in [-0.15, -0.1) is 11.8 Å². The molecule has 35 heavy (non-hydrogen) atoms. The average Bonchev–Trinajstić information content (AvgIpc) is 2.87. The summed E-state index contributed by atoms with van der Waals surface area (Å²) < 4.78 is 34.1. The maximum atomic E-state index is 13.6. The van der Waals surface area contributed by atoms with E-state index in [2.05, 4.69) is 5.32 Å². The van der Waals surface area contributed by atoms with Crippen molar-refractivity contribution in [3.05, 3.63) is 83.4 Å². The molecule has 0 aliphatic heterocycles. The molecule has 1 N–H and O–H groups in total. The molecule has 0 aliphatic rings. The summed E-state index contributed by atoms with van der Waals surface area (Å²) in [6.07, 6.45) is 3.41. The Bertz CT molecular complexity index is 1220. The first-order valence-electron chi connectivity index (χ1n) is 11.2. The first-order chi connectivity index (χ1) is 16.8. The van der Waals surface area contributed by atoms with Crippen LogP contribution < -0.4 is 14.4 Å². The minimum atomic E-state index is -4.02. The lowest BCUT2D eigenvalue weighted by Gasteiger charge is -2.26. The Hall–Kier alpha value is -2.68. The molecular weight excluding hydrogens is 504 g/mol. The number of aryl methyl sites for hydroxylation is 1. The second-order valence-corrected chi connectivity index (χ2v) is 10.8. The Balaban J connectivity index is 1.77. The first-order valence-corrected chi connectivity index (χ1v) is 14.3. The third-order valence-electron chi connectivity index (χ3n) is 5.25. The fourth-order valence-electron chi connectivity index (χ4n) is 3.47. The van der Waals surface area contributed by atoms with Gasteiger partial charge < -0.3 is 10.1 Å². The second-order valence-electron chi connectivity index (χ2n) is 7.67. The highest BCUT2D eigenvalue weighted by molar-refractivity contribution is 7.98. The Morgan fingerprint density at radius 2 is 1.71 bits per heavy atom. The van der Waals surface area contributed by atoms with Crippen molar-refractivity contribution in [3.63, 3.8) is 0 Å². The van der Waals surface area contributed by atoms with Crippen LogP contribution in [0.15, 0.2) is 82.6 Å². The van der Waals surface area contributed by atoms with Crippen LogP contribution in [-0.2, 0) is 21.2 Å². The molecule has 3 rings (SSSR count). The van der Waals surface area contributed by atoms with Crippen LogP contribution in [0, 0.1) is 0 Å². The SMILES string of the molecule is CCOc1ccccc1N(CC(=O)NCCCc1ccc(Cl)cc1)S(=O)(=O)c1ccc(SC)cc1. The Kier molecular flexibility index (Phi) is 9.89. The van der Waals surface area contributed by atoms with Gasteiger partial charge in [0.25, 0.3) is 10.0 Å². The number of rotatable bonds is 12. The zero-order valence-corrected chi connectivity index (χ0v) is 22.1. The van der Waals surface area contributed by atoms with Crippen molar-refractivity contribution in [3.8, 4) is 5.75 Å². The molecule has 6 nitrogen and oxygen atoms in total. The van der Waals surface area contributed by atoms with E-state index in [0.29, 0.717) is 36.0 Å². The Labute approximate surface area is 216 Å². The molecule has 0 bridgehead atoms. The number of carbonyl (C=O) groups is 1. The number of amides is 1. The maximum Gasteiger partial charge on any atom is 0.264 e. The lowest BCUT2D eigenvalue weighted by molar-refractivity contribution is -0.119. The summed E-state index contributed by atoms with van der Waals surface area (Å²) >= 11 is 7.44. The van der Waals surface area contributed by atoms with Crippen LogP contribution in [-0.4, -0.2) is 40.3 Å². The number of carbonyl (C=O) groups excluding carboxylic acids is 1. The highest BCUT2D eigenvalue weighted by Gasteiger charge is 2.29. The quantitative estimate of drug-likeness (QED) is 0.249. The monoisotopic (exact) mass is 532 g/mol. The lowest BCUT2D eigenvalue weighted by atomic mass is 10.1. The molecule has 186 valence electrons. The fourth-order valence-corrected chi connectivity index (χ4v) is 5.44. The molecular formula is C26H29ClN2O4S2. The van der Waals surface area contributed by atoms with Crippen LogP contribution in [0.4, 0.5) is 5.69 Å². The molecule has 0 aliphatic carbocycles. The molecule has 0 spiro atoms. The number of para-hydroxylation sites is 2. The zero-order valence-electron chi connectivity index (χ0n) is 19.7. The highest BCUT2D eigenvalue weighted by Crippen LogP contribution is 2.32. The Morgan fingerprint density at radius 1 is 1.03 bits per heavy atom. The van der Waals surface area contributed by atoms with E-state index in [1.54, 1.807) is 48.5 Å². The molecule has 0 atom stereocenters. The molecule has 3 aromatic carbocycles. The number of sulfonamides is 1. The topological polar surface area (TPSA) is 75.7 Å². The summed E-state index contributed by atoms with van der Waals surface area (Å²) in [7, 11) is -4.02. The van der Waals surface area contributed by atoms with Gasteiger partial charge in [0.05, 0.1) is 17.2 Å². The van der Waals surface area contributed by atoms with Crippen molar-refractivity contribution >= 4 is 45.0 Å². The molecule has 0 radical (unpaired) electrons. The van der Waals surface area contributed by atoms with Crippen LogP contribution in [0.1, 0.15) is 18.9 Å². The number of hydrogen-bond donors (Lipinski definition) is 1. The minimum absolute atomic E-state index is 0.108. The third kappa shape index (κ3) is 7.40. The zero-order chi connectivity index (χ0) is 25.3. The molecule has 0 fully saturated rings. The van der Waals surface area contributed by atoms with Crippen LogP contribution in [0.25, 0.3) is 0 Å². The van der Waals surface area contributed by atoms with Crippen molar-refractivity contribution in [1.82, 2.24) is 5.32 Å². The normalized spacial score (nSPS) is 11.2. The number of thioether (sulfide) groups is 1. The third-order valence-corrected chi connectivity index (χ3v) is 8.02. The van der Waals surface area contributed by atoms with E-state index in [9.17, 15) is 13.2 Å². The van der Waals surface area contributed by atoms with Gasteiger partial charge >= 0.3 is 0 Å². The van der Waals surface area contributed by atoms with Crippen molar-refractivity contribution in [2.45, 2.75) is 29.6 Å². The van der Waals surface area contributed by atoms with Crippen molar-refractivity contribution in [1.29, 1.82) is 0 Å². The highest BCUT2D eigenvalue weighted by atomic mass is 35.5. The van der Waals surface area contributed by atoms with Gasteiger partial charge in [-0.3, -0.25) is 9.10 Å². The van der Waals surface area contributed by atoms with E-state index in [-0.39, 0.29) is 11.4 Å². The smallest absolute Gasteiger partial charge is 0.264 e. The average molecular weight is 533 g/mol. The molecule has 1 amide bonds. The van der Waals surface area contributed by atoms with Gasteiger partial charge in [0, 0.05) is 16.5 Å². The van der Waals surface area contributed by atoms with Crippen molar-refractivity contribution < 1.29 is 17.9 Å². The van der Waals surface area contributed by atoms with E-state index < -0.39 is 15.9 Å². The summed E-state index contributed by atoms with van der Waals surface area (Å²) in [6.45, 7) is 2.25. The number of nitrogens with one attached hydrogen (secondary N) is 1. The van der Waals surface area contributed by atoms with E-state index in [4.69, 9.17) is 16.3 Å². The molecule has 3 aromatic rings. The molecule has 0 heterocycles. The van der Waals surface area contributed by atoms with Gasteiger partial charge in [-0.2, -0.15) is 0 Å². The van der Waals surface area contributed by atoms with E-state index in [1.165, 1.54) is 11.8 Å². The first kappa shape index (κ1) is 26.9. The van der Waals surface area contributed by atoms with Gasteiger partial charge in [-0.05, 0) is 80.1 Å². The van der Waals surface area contributed by atoms with Gasteiger partial charge in [0.2, 0.25) is 5.91 Å². The van der Waals surface area contributed by atoms with E-state index in [1.807, 2.05) is 37.4 Å². The van der Waals surface area contributed by atoms with Gasteiger partial charge in [-0.25, -0.2) is 8.42 Å². The Morgan fingerprint density at radius 3 is 2.37 bits per heavy atom. The van der Waals surface area contributed by atoms with E-state index in [0.717, 1.165) is 21.2 Å². The summed E-state index contributed by atoms with van der Waals surface area (Å²) in [5, 5.41) is 3.52. The summed E-state index contributed by atoms with van der Waals surface area (Å²) in [6, 6.07) is 21.0. The maximum absolute atomic E-state index is 13.6. The fraction of sp³-hybridized carbons (Fsp3) is 0.269. The van der Waals surface area contributed by atoms with Gasteiger partial charge in [-0.1, -0.05) is 35.9 Å². The minimum Gasteiger partial charge on any atom is -0.492 e. The van der Waals surface area contributed by atoms with Gasteiger partial charge in [0.1, 0.15) is 12.3 Å². The van der Waals surface area contributed by atoms with E-state index >= 15 is 0 Å². The summed E-state index contributed by atoms with van der Waals surface area (Å²) in [5.41, 5.74) is 1.44. The van der Waals surface area contributed by atoms with Crippen LogP contribution in [0.2, 0.25) is 5.02 Å². The molecule has 0 aromatic heterocycles. The molecule has 0 saturated carbocycles. The number of ether oxygens (including phenoxy) is 1. The van der Waals surface area contributed by atoms with Crippen LogP contribution in [0.3, 0.4) is 0 Å². The number of benzene rings is 3. The number of anilines is 1. The van der Waals surface area contributed by atoms with Crippen LogP contribution >= 0.6 is 23.4 Å². The molecule has 9 heteroatoms. The van der Waals surface area contributed by atoms with Gasteiger partial charge in [0.15, 0.2) is 0 Å². The molecule has 0 unspecified atom stereocenters. The summed E-state index contributed by atoms with van der Waals surface area (Å²) in [5.74, 6) is 0.00608. The second kappa shape index (κ2) is 12.9. The number of hydrogen-bond acceptors (Lipinski definition) is 5. The van der Waals surface area contributed by atoms with Crippen molar-refractivity contribution in [2.24, 2.45) is 0 Å². The molecule has 0 saturated heterocycles.